The largest absolute Gasteiger partial charge is 0.344 e. The lowest BCUT2D eigenvalue weighted by molar-refractivity contribution is 0.731. The zero-order valence-electron chi connectivity index (χ0n) is 9.59. The second-order valence-electron chi connectivity index (χ2n) is 4.23. The van der Waals surface area contributed by atoms with Gasteiger partial charge in [-0.25, -0.2) is 0 Å². The first-order valence-electron chi connectivity index (χ1n) is 5.82. The van der Waals surface area contributed by atoms with Crippen LogP contribution in [0.2, 0.25) is 5.02 Å². The highest BCUT2D eigenvalue weighted by Gasteiger charge is 2.05. The molecule has 0 saturated heterocycles. The van der Waals surface area contributed by atoms with Gasteiger partial charge in [0.05, 0.1) is 0 Å². The molecule has 1 aliphatic heterocycles. The van der Waals surface area contributed by atoms with Crippen molar-refractivity contribution in [2.24, 2.45) is 4.99 Å². The summed E-state index contributed by atoms with van der Waals surface area (Å²) < 4.78 is 0. The molecule has 0 spiro atoms. The number of anilines is 1. The molecule has 0 saturated carbocycles. The van der Waals surface area contributed by atoms with Gasteiger partial charge in [0.15, 0.2) is 0 Å². The Hall–Kier alpha value is -1.02. The van der Waals surface area contributed by atoms with Crippen LogP contribution in [0.25, 0.3) is 0 Å². The Morgan fingerprint density at radius 1 is 1.25 bits per heavy atom. The molecule has 0 amide bonds. The van der Waals surface area contributed by atoms with Crippen LogP contribution in [0, 0.1) is 6.92 Å². The number of aryl methyl sites for hydroxylation is 1. The molecule has 0 aliphatic carbocycles. The lowest BCUT2D eigenvalue weighted by Gasteiger charge is -2.09. The van der Waals surface area contributed by atoms with Crippen molar-refractivity contribution >= 4 is 23.1 Å². The second kappa shape index (κ2) is 5.35. The van der Waals surface area contributed by atoms with Gasteiger partial charge in [0, 0.05) is 23.7 Å². The molecule has 1 aromatic rings. The third kappa shape index (κ3) is 2.99. The van der Waals surface area contributed by atoms with Crippen molar-refractivity contribution in [2.45, 2.75) is 32.6 Å². The minimum Gasteiger partial charge on any atom is -0.344 e. The highest BCUT2D eigenvalue weighted by atomic mass is 35.5. The molecule has 0 fully saturated rings. The Kier molecular flexibility index (Phi) is 3.83. The highest BCUT2D eigenvalue weighted by molar-refractivity contribution is 6.31. The van der Waals surface area contributed by atoms with E-state index in [9.17, 15) is 0 Å². The van der Waals surface area contributed by atoms with E-state index in [4.69, 9.17) is 11.6 Å². The van der Waals surface area contributed by atoms with Crippen molar-refractivity contribution in [3.05, 3.63) is 28.8 Å². The topological polar surface area (TPSA) is 24.4 Å². The fourth-order valence-corrected chi connectivity index (χ4v) is 1.99. The number of aliphatic imine (C=N–C) groups is 1. The zero-order chi connectivity index (χ0) is 11.4. The fraction of sp³-hybridized carbons (Fsp3) is 0.462. The Bertz CT molecular complexity index is 399. The third-order valence-electron chi connectivity index (χ3n) is 2.83. The summed E-state index contributed by atoms with van der Waals surface area (Å²) in [5.74, 6) is 1.09. The zero-order valence-corrected chi connectivity index (χ0v) is 10.3. The van der Waals surface area contributed by atoms with Crippen LogP contribution in [0.4, 0.5) is 5.69 Å². The Morgan fingerprint density at radius 3 is 2.94 bits per heavy atom. The molecule has 2 rings (SSSR count). The normalized spacial score (nSPS) is 16.5. The summed E-state index contributed by atoms with van der Waals surface area (Å²) in [6.45, 7) is 2.96. The minimum atomic E-state index is 0.805. The molecular formula is C13H17ClN2. The van der Waals surface area contributed by atoms with Gasteiger partial charge in [-0.3, -0.25) is 4.99 Å². The summed E-state index contributed by atoms with van der Waals surface area (Å²) in [5.41, 5.74) is 2.14. The molecule has 0 aromatic heterocycles. The van der Waals surface area contributed by atoms with Gasteiger partial charge in [-0.05, 0) is 37.5 Å². The van der Waals surface area contributed by atoms with Gasteiger partial charge in [-0.1, -0.05) is 24.1 Å². The van der Waals surface area contributed by atoms with Gasteiger partial charge >= 0.3 is 0 Å². The van der Waals surface area contributed by atoms with E-state index in [2.05, 4.69) is 16.4 Å². The van der Waals surface area contributed by atoms with Crippen molar-refractivity contribution in [3.8, 4) is 0 Å². The first-order chi connectivity index (χ1) is 7.75. The van der Waals surface area contributed by atoms with Crippen LogP contribution in [0.15, 0.2) is 23.2 Å². The van der Waals surface area contributed by atoms with Crippen LogP contribution in [-0.4, -0.2) is 12.4 Å². The van der Waals surface area contributed by atoms with Crippen LogP contribution in [0.3, 0.4) is 0 Å². The van der Waals surface area contributed by atoms with E-state index in [1.807, 2.05) is 19.1 Å². The maximum atomic E-state index is 6.08. The Morgan fingerprint density at radius 2 is 2.12 bits per heavy atom. The first-order valence-corrected chi connectivity index (χ1v) is 6.20. The number of nitrogens with zero attached hydrogens (tertiary/aromatic N) is 1. The van der Waals surface area contributed by atoms with E-state index in [0.717, 1.165) is 35.1 Å². The van der Waals surface area contributed by atoms with E-state index in [-0.39, 0.29) is 0 Å². The van der Waals surface area contributed by atoms with Crippen LogP contribution >= 0.6 is 11.6 Å². The third-order valence-corrected chi connectivity index (χ3v) is 3.24. The molecule has 1 heterocycles. The smallest absolute Gasteiger partial charge is 0.101 e. The lowest BCUT2D eigenvalue weighted by atomic mass is 10.2. The van der Waals surface area contributed by atoms with E-state index in [0.29, 0.717) is 0 Å². The molecule has 0 unspecified atom stereocenters. The maximum Gasteiger partial charge on any atom is 0.101 e. The molecule has 1 N–H and O–H groups in total. The predicted molar refractivity (Wildman–Crippen MR) is 70.6 cm³/mol. The first kappa shape index (κ1) is 11.5. The highest BCUT2D eigenvalue weighted by Crippen LogP contribution is 2.20. The molecule has 0 bridgehead atoms. The van der Waals surface area contributed by atoms with Crippen LogP contribution in [-0.2, 0) is 0 Å². The average Bonchev–Trinajstić information content (AvgIpc) is 2.52. The SMILES string of the molecule is Cc1ccc(NC2=NCCCCC2)cc1Cl. The number of hydrogen-bond donors (Lipinski definition) is 1. The summed E-state index contributed by atoms with van der Waals surface area (Å²) in [5, 5.41) is 4.16. The minimum absolute atomic E-state index is 0.805. The molecule has 0 atom stereocenters. The quantitative estimate of drug-likeness (QED) is 0.782. The van der Waals surface area contributed by atoms with E-state index >= 15 is 0 Å². The molecule has 1 aliphatic rings. The van der Waals surface area contributed by atoms with E-state index < -0.39 is 0 Å². The van der Waals surface area contributed by atoms with Gasteiger partial charge < -0.3 is 5.32 Å². The molecule has 1 aromatic carbocycles. The number of hydrogen-bond acceptors (Lipinski definition) is 2. The standard InChI is InChI=1S/C13H17ClN2/c1-10-6-7-11(9-12(10)14)16-13-5-3-2-4-8-15-13/h6-7,9H,2-5,8H2,1H3,(H,15,16). The van der Waals surface area contributed by atoms with Crippen molar-refractivity contribution < 1.29 is 0 Å². The number of benzene rings is 1. The summed E-state index contributed by atoms with van der Waals surface area (Å²) in [6.07, 6.45) is 4.76. The fourth-order valence-electron chi connectivity index (χ4n) is 1.81. The van der Waals surface area contributed by atoms with Gasteiger partial charge in [-0.2, -0.15) is 0 Å². The second-order valence-corrected chi connectivity index (χ2v) is 4.64. The summed E-state index contributed by atoms with van der Waals surface area (Å²) in [4.78, 5) is 4.53. The molecule has 3 heteroatoms. The number of rotatable bonds is 1. The van der Waals surface area contributed by atoms with Gasteiger partial charge in [0.1, 0.15) is 5.84 Å². The monoisotopic (exact) mass is 236 g/mol. The maximum absolute atomic E-state index is 6.08. The van der Waals surface area contributed by atoms with Crippen molar-refractivity contribution in [1.82, 2.24) is 0 Å². The Labute approximate surface area is 102 Å². The summed E-state index contributed by atoms with van der Waals surface area (Å²) in [7, 11) is 0. The number of nitrogens with one attached hydrogen (secondary N) is 1. The van der Waals surface area contributed by atoms with Crippen molar-refractivity contribution in [1.29, 1.82) is 0 Å². The van der Waals surface area contributed by atoms with Gasteiger partial charge in [-0.15, -0.1) is 0 Å². The summed E-state index contributed by atoms with van der Waals surface area (Å²) in [6, 6.07) is 6.04. The number of halogens is 1. The van der Waals surface area contributed by atoms with Crippen LogP contribution in [0.5, 0.6) is 0 Å². The molecular weight excluding hydrogens is 220 g/mol. The van der Waals surface area contributed by atoms with Crippen LogP contribution in [0.1, 0.15) is 31.2 Å². The predicted octanol–water partition coefficient (Wildman–Crippen LogP) is 4.03. The summed E-state index contributed by atoms with van der Waals surface area (Å²) >= 11 is 6.08. The molecule has 86 valence electrons. The van der Waals surface area contributed by atoms with E-state index in [1.165, 1.54) is 19.3 Å². The average molecular weight is 237 g/mol. The van der Waals surface area contributed by atoms with E-state index in [1.54, 1.807) is 0 Å². The molecule has 2 nitrogen and oxygen atoms in total. The molecule has 0 radical (unpaired) electrons. The lowest BCUT2D eigenvalue weighted by Crippen LogP contribution is -2.11. The van der Waals surface area contributed by atoms with Crippen molar-refractivity contribution in [2.75, 3.05) is 11.9 Å². The number of amidine groups is 1. The Balaban J connectivity index is 2.07. The van der Waals surface area contributed by atoms with Gasteiger partial charge in [0.25, 0.3) is 0 Å². The van der Waals surface area contributed by atoms with Crippen molar-refractivity contribution in [3.63, 3.8) is 0 Å². The molecule has 16 heavy (non-hydrogen) atoms. The van der Waals surface area contributed by atoms with Gasteiger partial charge in [0.2, 0.25) is 0 Å². The van der Waals surface area contributed by atoms with Crippen LogP contribution < -0.4 is 5.32 Å².